The van der Waals surface area contributed by atoms with Crippen molar-refractivity contribution in [2.75, 3.05) is 39.3 Å². The van der Waals surface area contributed by atoms with Crippen LogP contribution < -0.4 is 11.1 Å². The van der Waals surface area contributed by atoms with Gasteiger partial charge < -0.3 is 20.7 Å². The Bertz CT molecular complexity index is 726. The van der Waals surface area contributed by atoms with Crippen LogP contribution in [0, 0.1) is 11.3 Å². The number of nitrogens with one attached hydrogen (secondary N) is 2. The molecule has 2 fully saturated rings. The maximum Gasteiger partial charge on any atom is 0.240 e. The van der Waals surface area contributed by atoms with Crippen molar-refractivity contribution < 1.29 is 9.53 Å². The van der Waals surface area contributed by atoms with E-state index in [1.807, 2.05) is 11.8 Å². The van der Waals surface area contributed by atoms with Gasteiger partial charge in [0.05, 0.1) is 6.54 Å². The molecule has 2 heterocycles. The monoisotopic (exact) mass is 430 g/mol. The molecule has 0 spiro atoms. The highest BCUT2D eigenvalue weighted by molar-refractivity contribution is 6.12. The first-order chi connectivity index (χ1) is 15.0. The fraction of sp³-hybridized carbons (Fsp3) is 0.696. The first kappa shape index (κ1) is 23.5. The first-order valence-electron chi connectivity index (χ1n) is 11.6. The largest absolute Gasteiger partial charge is 0.386 e. The zero-order valence-corrected chi connectivity index (χ0v) is 19.0. The second kappa shape index (κ2) is 11.4. The quantitative estimate of drug-likeness (QED) is 0.279. The predicted octanol–water partition coefficient (Wildman–Crippen LogP) is 1.88. The SMILES string of the molecule is CCCCOC(C)N=C1C(C(=N)N)NC(=O)CN1CC1C=CC(CN2CCCC2)=CC1. The second-order valence-corrected chi connectivity index (χ2v) is 8.76. The van der Waals surface area contributed by atoms with Gasteiger partial charge in [0.1, 0.15) is 23.9 Å². The van der Waals surface area contributed by atoms with Crippen LogP contribution in [0.25, 0.3) is 0 Å². The number of hydrogen-bond acceptors (Lipinski definition) is 5. The Labute approximate surface area is 186 Å². The molecule has 0 bridgehead atoms. The van der Waals surface area contributed by atoms with Gasteiger partial charge >= 0.3 is 0 Å². The maximum absolute atomic E-state index is 12.3. The fourth-order valence-electron chi connectivity index (χ4n) is 4.30. The Morgan fingerprint density at radius 1 is 1.42 bits per heavy atom. The molecule has 0 aromatic heterocycles. The molecule has 2 aliphatic heterocycles. The van der Waals surface area contributed by atoms with Gasteiger partial charge in [0, 0.05) is 19.7 Å². The number of ether oxygens (including phenoxy) is 1. The summed E-state index contributed by atoms with van der Waals surface area (Å²) in [5.74, 6) is 0.673. The number of carbonyl (C=O) groups is 1. The van der Waals surface area contributed by atoms with E-state index in [1.165, 1.54) is 31.5 Å². The minimum absolute atomic E-state index is 0.107. The third-order valence-corrected chi connectivity index (χ3v) is 6.03. The van der Waals surface area contributed by atoms with Crippen LogP contribution in [0.15, 0.2) is 28.8 Å². The third kappa shape index (κ3) is 6.90. The molecule has 8 heteroatoms. The van der Waals surface area contributed by atoms with Gasteiger partial charge in [-0.05, 0) is 57.2 Å². The second-order valence-electron chi connectivity index (χ2n) is 8.76. The van der Waals surface area contributed by atoms with Gasteiger partial charge in [0.2, 0.25) is 5.91 Å². The average Bonchev–Trinajstić information content (AvgIpc) is 3.24. The van der Waals surface area contributed by atoms with E-state index in [0.29, 0.717) is 24.9 Å². The van der Waals surface area contributed by atoms with Crippen molar-refractivity contribution in [1.82, 2.24) is 15.1 Å². The maximum atomic E-state index is 12.3. The van der Waals surface area contributed by atoms with Crippen LogP contribution in [0.2, 0.25) is 0 Å². The molecule has 0 aromatic rings. The first-order valence-corrected chi connectivity index (χ1v) is 11.6. The van der Waals surface area contributed by atoms with Crippen LogP contribution in [0.5, 0.6) is 0 Å². The number of rotatable bonds is 10. The summed E-state index contributed by atoms with van der Waals surface area (Å²) < 4.78 is 5.79. The molecule has 1 amide bonds. The Kier molecular flexibility index (Phi) is 8.66. The molecule has 3 aliphatic rings. The summed E-state index contributed by atoms with van der Waals surface area (Å²) in [6.07, 6.45) is 12.0. The van der Waals surface area contributed by atoms with E-state index in [-0.39, 0.29) is 24.5 Å². The number of aliphatic imine (C=N–C) groups is 1. The van der Waals surface area contributed by atoms with Crippen LogP contribution in [0.1, 0.15) is 46.0 Å². The van der Waals surface area contributed by atoms with Gasteiger partial charge in [-0.1, -0.05) is 31.6 Å². The summed E-state index contributed by atoms with van der Waals surface area (Å²) in [5.41, 5.74) is 7.18. The molecule has 0 radical (unpaired) electrons. The summed E-state index contributed by atoms with van der Waals surface area (Å²) in [4.78, 5) is 21.5. The number of unbranched alkanes of at least 4 members (excludes halogenated alkanes) is 1. The summed E-state index contributed by atoms with van der Waals surface area (Å²) in [7, 11) is 0. The van der Waals surface area contributed by atoms with Crippen molar-refractivity contribution in [1.29, 1.82) is 5.41 Å². The van der Waals surface area contributed by atoms with E-state index in [2.05, 4.69) is 35.4 Å². The third-order valence-electron chi connectivity index (χ3n) is 6.03. The molecule has 2 saturated heterocycles. The summed E-state index contributed by atoms with van der Waals surface area (Å²) in [6, 6.07) is -0.702. The number of nitrogens with zero attached hydrogens (tertiary/aromatic N) is 3. The van der Waals surface area contributed by atoms with Gasteiger partial charge in [0.15, 0.2) is 0 Å². The van der Waals surface area contributed by atoms with Gasteiger partial charge in [-0.25, -0.2) is 4.99 Å². The number of amides is 1. The van der Waals surface area contributed by atoms with Crippen LogP contribution in [-0.4, -0.2) is 79.0 Å². The molecule has 4 N–H and O–H groups in total. The normalized spacial score (nSPS) is 26.8. The van der Waals surface area contributed by atoms with E-state index in [0.717, 1.165) is 25.8 Å². The standard InChI is InChI=1S/C23H38N6O2/c1-3-4-13-31-17(2)26-23-21(22(24)25)27-20(30)16-29(23)15-19-9-7-18(8-10-19)14-28-11-5-6-12-28/h7-9,17,19,21H,3-6,10-16H2,1-2H3,(H3,24,25)(H,27,30). The zero-order valence-electron chi connectivity index (χ0n) is 19.0. The molecular weight excluding hydrogens is 392 g/mol. The predicted molar refractivity (Wildman–Crippen MR) is 124 cm³/mol. The van der Waals surface area contributed by atoms with E-state index in [9.17, 15) is 4.79 Å². The lowest BCUT2D eigenvalue weighted by Gasteiger charge is -2.37. The molecule has 8 nitrogen and oxygen atoms in total. The van der Waals surface area contributed by atoms with E-state index >= 15 is 0 Å². The van der Waals surface area contributed by atoms with Gasteiger partial charge in [-0.3, -0.25) is 15.1 Å². The van der Waals surface area contributed by atoms with Crippen molar-refractivity contribution in [3.05, 3.63) is 23.8 Å². The van der Waals surface area contributed by atoms with Crippen molar-refractivity contribution in [3.63, 3.8) is 0 Å². The minimum atomic E-state index is -0.702. The zero-order chi connectivity index (χ0) is 22.2. The van der Waals surface area contributed by atoms with Crippen LogP contribution in [-0.2, 0) is 9.53 Å². The van der Waals surface area contributed by atoms with Crippen molar-refractivity contribution in [3.8, 4) is 0 Å². The highest BCUT2D eigenvalue weighted by atomic mass is 16.5. The number of likely N-dealkylation sites (tertiary alicyclic amines) is 1. The minimum Gasteiger partial charge on any atom is -0.386 e. The van der Waals surface area contributed by atoms with Crippen LogP contribution in [0.3, 0.4) is 0 Å². The smallest absolute Gasteiger partial charge is 0.240 e. The Morgan fingerprint density at radius 2 is 2.19 bits per heavy atom. The topological polar surface area (TPSA) is 107 Å². The molecule has 3 rings (SSSR count). The number of carbonyl (C=O) groups excluding carboxylic acids is 1. The van der Waals surface area contributed by atoms with E-state index < -0.39 is 6.04 Å². The molecular formula is C23H38N6O2. The summed E-state index contributed by atoms with van der Waals surface area (Å²) in [6.45, 7) is 8.96. The fourth-order valence-corrected chi connectivity index (χ4v) is 4.30. The van der Waals surface area contributed by atoms with Gasteiger partial charge in [-0.2, -0.15) is 0 Å². The number of piperazine rings is 1. The summed E-state index contributed by atoms with van der Waals surface area (Å²) in [5, 5.41) is 10.8. The Hall–Kier alpha value is -2.19. The van der Waals surface area contributed by atoms with E-state index in [1.54, 1.807) is 0 Å². The average molecular weight is 431 g/mol. The molecule has 1 aliphatic carbocycles. The van der Waals surface area contributed by atoms with E-state index in [4.69, 9.17) is 20.9 Å². The highest BCUT2D eigenvalue weighted by Crippen LogP contribution is 2.21. The molecule has 3 atom stereocenters. The molecule has 0 aromatic carbocycles. The Balaban J connectivity index is 1.65. The molecule has 3 unspecified atom stereocenters. The lowest BCUT2D eigenvalue weighted by molar-refractivity contribution is -0.122. The molecule has 172 valence electrons. The number of allylic oxidation sites excluding steroid dienone is 1. The van der Waals surface area contributed by atoms with Crippen molar-refractivity contribution in [2.45, 2.75) is 58.2 Å². The van der Waals surface area contributed by atoms with Gasteiger partial charge in [-0.15, -0.1) is 0 Å². The van der Waals surface area contributed by atoms with Crippen LogP contribution in [0.4, 0.5) is 0 Å². The van der Waals surface area contributed by atoms with Crippen molar-refractivity contribution in [2.24, 2.45) is 16.6 Å². The molecule has 31 heavy (non-hydrogen) atoms. The van der Waals surface area contributed by atoms with Crippen molar-refractivity contribution >= 4 is 17.6 Å². The van der Waals surface area contributed by atoms with Gasteiger partial charge in [0.25, 0.3) is 0 Å². The lowest BCUT2D eigenvalue weighted by Crippen LogP contribution is -2.63. The molecule has 0 saturated carbocycles. The highest BCUT2D eigenvalue weighted by Gasteiger charge is 2.34. The number of amidine groups is 2. The Morgan fingerprint density at radius 3 is 2.84 bits per heavy atom. The number of nitrogens with two attached hydrogens (primary N) is 1. The van der Waals surface area contributed by atoms with Crippen LogP contribution >= 0.6 is 0 Å². The summed E-state index contributed by atoms with van der Waals surface area (Å²) >= 11 is 0. The lowest BCUT2D eigenvalue weighted by atomic mass is 9.95. The number of hydrogen-bond donors (Lipinski definition) is 3.